The molecule has 0 aliphatic heterocycles. The highest BCUT2D eigenvalue weighted by atomic mass is 16.5. The third kappa shape index (κ3) is 2.29. The predicted molar refractivity (Wildman–Crippen MR) is 77.3 cm³/mol. The molecule has 0 atom stereocenters. The molecular weight excluding hydrogens is 268 g/mol. The number of fused-ring (bicyclic) bond motifs is 1. The minimum atomic E-state index is -0.478. The van der Waals surface area contributed by atoms with Crippen LogP contribution in [-0.4, -0.2) is 28.8 Å². The molecule has 2 heterocycles. The first kappa shape index (κ1) is 13.1. The first-order chi connectivity index (χ1) is 10.2. The number of nitrogens with one attached hydrogen (secondary N) is 1. The molecule has 0 bridgehead atoms. The lowest BCUT2D eigenvalue weighted by Crippen LogP contribution is -2.06. The Morgan fingerprint density at radius 2 is 1.95 bits per heavy atom. The summed E-state index contributed by atoms with van der Waals surface area (Å²) in [6.07, 6.45) is 3.01. The number of nitrogens with zero attached hydrogens (tertiary/aromatic N) is 1. The van der Waals surface area contributed by atoms with Gasteiger partial charge in [0.1, 0.15) is 5.69 Å². The number of hydrogen-bond acceptors (Lipinski definition) is 4. The summed E-state index contributed by atoms with van der Waals surface area (Å²) in [6, 6.07) is 10.6. The molecule has 3 aromatic rings. The van der Waals surface area contributed by atoms with Gasteiger partial charge in [0, 0.05) is 28.9 Å². The van der Waals surface area contributed by atoms with Gasteiger partial charge in [0.15, 0.2) is 0 Å². The summed E-state index contributed by atoms with van der Waals surface area (Å²) in [5, 5.41) is 0.848. The van der Waals surface area contributed by atoms with Gasteiger partial charge in [-0.25, -0.2) is 4.79 Å². The third-order valence-electron chi connectivity index (χ3n) is 3.25. The average Bonchev–Trinajstić information content (AvgIpc) is 2.97. The number of hydrogen-bond donors (Lipinski definition) is 1. The number of pyridine rings is 1. The Kier molecular flexibility index (Phi) is 3.23. The molecular formula is C16H12N2O3. The Hall–Kier alpha value is -2.95. The Bertz CT molecular complexity index is 819. The Morgan fingerprint density at radius 1 is 1.14 bits per heavy atom. The number of methoxy groups -OCH3 is 1. The van der Waals surface area contributed by atoms with Crippen LogP contribution < -0.4 is 0 Å². The summed E-state index contributed by atoms with van der Waals surface area (Å²) in [6.45, 7) is 0. The Labute approximate surface area is 120 Å². The van der Waals surface area contributed by atoms with E-state index in [4.69, 9.17) is 0 Å². The first-order valence-corrected chi connectivity index (χ1v) is 6.36. The van der Waals surface area contributed by atoms with Crippen molar-refractivity contribution < 1.29 is 14.3 Å². The van der Waals surface area contributed by atoms with Crippen molar-refractivity contribution in [2.75, 3.05) is 7.11 Å². The molecule has 1 N–H and O–H groups in total. The molecule has 0 aliphatic carbocycles. The predicted octanol–water partition coefficient (Wildman–Crippen LogP) is 2.58. The number of benzene rings is 1. The summed E-state index contributed by atoms with van der Waals surface area (Å²) >= 11 is 0. The van der Waals surface area contributed by atoms with E-state index in [2.05, 4.69) is 14.7 Å². The minimum absolute atomic E-state index is 0.191. The van der Waals surface area contributed by atoms with Crippen molar-refractivity contribution in [1.29, 1.82) is 0 Å². The van der Waals surface area contributed by atoms with Crippen LogP contribution in [0.15, 0.2) is 48.8 Å². The van der Waals surface area contributed by atoms with E-state index in [-0.39, 0.29) is 11.5 Å². The highest BCUT2D eigenvalue weighted by molar-refractivity contribution is 6.15. The minimum Gasteiger partial charge on any atom is -0.465 e. The fraction of sp³-hybridized carbons (Fsp3) is 0.0625. The van der Waals surface area contributed by atoms with E-state index in [1.54, 1.807) is 6.20 Å². The molecule has 0 unspecified atom stereocenters. The number of aromatic nitrogens is 2. The van der Waals surface area contributed by atoms with Gasteiger partial charge in [-0.2, -0.15) is 0 Å². The monoisotopic (exact) mass is 280 g/mol. The van der Waals surface area contributed by atoms with E-state index < -0.39 is 5.97 Å². The lowest BCUT2D eigenvalue weighted by Gasteiger charge is -2.01. The summed E-state index contributed by atoms with van der Waals surface area (Å²) in [5.74, 6) is -0.669. The Morgan fingerprint density at radius 3 is 2.67 bits per heavy atom. The van der Waals surface area contributed by atoms with Gasteiger partial charge in [0.2, 0.25) is 5.78 Å². The van der Waals surface area contributed by atoms with Crippen molar-refractivity contribution in [1.82, 2.24) is 9.97 Å². The largest absolute Gasteiger partial charge is 0.465 e. The van der Waals surface area contributed by atoms with E-state index in [1.807, 2.05) is 24.3 Å². The van der Waals surface area contributed by atoms with Gasteiger partial charge in [-0.05, 0) is 18.2 Å². The molecule has 0 fully saturated rings. The van der Waals surface area contributed by atoms with Crippen LogP contribution in [0.3, 0.4) is 0 Å². The van der Waals surface area contributed by atoms with Crippen LogP contribution in [-0.2, 0) is 4.74 Å². The van der Waals surface area contributed by atoms with E-state index in [9.17, 15) is 9.59 Å². The molecule has 2 aromatic heterocycles. The van der Waals surface area contributed by atoms with Crippen LogP contribution in [0.5, 0.6) is 0 Å². The van der Waals surface area contributed by atoms with Crippen LogP contribution >= 0.6 is 0 Å². The van der Waals surface area contributed by atoms with Crippen molar-refractivity contribution in [3.05, 3.63) is 65.6 Å². The number of ketones is 1. The molecule has 21 heavy (non-hydrogen) atoms. The summed E-state index contributed by atoms with van der Waals surface area (Å²) in [5.41, 5.74) is 2.05. The third-order valence-corrected chi connectivity index (χ3v) is 3.25. The number of H-pyrrole nitrogens is 1. The standard InChI is InChI=1S/C16H12N2O3/c1-21-16(20)10-6-7-14(17-8-10)15(19)12-9-18-13-5-3-2-4-11(12)13/h2-9,18H,1H3. The maximum Gasteiger partial charge on any atom is 0.339 e. The number of carbonyl (C=O) groups excluding carboxylic acids is 2. The van der Waals surface area contributed by atoms with Gasteiger partial charge in [0.25, 0.3) is 0 Å². The van der Waals surface area contributed by atoms with Crippen LogP contribution in [0.1, 0.15) is 26.4 Å². The number of carbonyl (C=O) groups is 2. The van der Waals surface area contributed by atoms with Gasteiger partial charge in [-0.15, -0.1) is 0 Å². The molecule has 0 aliphatic rings. The topological polar surface area (TPSA) is 72.1 Å². The SMILES string of the molecule is COC(=O)c1ccc(C(=O)c2c[nH]c3ccccc23)nc1. The van der Waals surface area contributed by atoms with E-state index in [1.165, 1.54) is 25.4 Å². The first-order valence-electron chi connectivity index (χ1n) is 6.36. The number of esters is 1. The van der Waals surface area contributed by atoms with Gasteiger partial charge in [0.05, 0.1) is 12.7 Å². The smallest absolute Gasteiger partial charge is 0.339 e. The fourth-order valence-corrected chi connectivity index (χ4v) is 2.16. The molecule has 0 saturated carbocycles. The van der Waals surface area contributed by atoms with Crippen LogP contribution in [0.2, 0.25) is 0 Å². The molecule has 1 aromatic carbocycles. The molecule has 0 saturated heterocycles. The lowest BCUT2D eigenvalue weighted by atomic mass is 10.1. The van der Waals surface area contributed by atoms with Gasteiger partial charge >= 0.3 is 5.97 Å². The number of aromatic amines is 1. The van der Waals surface area contributed by atoms with Crippen LogP contribution in [0.25, 0.3) is 10.9 Å². The maximum absolute atomic E-state index is 12.5. The lowest BCUT2D eigenvalue weighted by molar-refractivity contribution is 0.0600. The summed E-state index contributed by atoms with van der Waals surface area (Å²) in [7, 11) is 1.30. The van der Waals surface area contributed by atoms with Gasteiger partial charge in [-0.3, -0.25) is 9.78 Å². The number of ether oxygens (including phenoxy) is 1. The highest BCUT2D eigenvalue weighted by Crippen LogP contribution is 2.20. The van der Waals surface area contributed by atoms with Gasteiger partial charge < -0.3 is 9.72 Å². The maximum atomic E-state index is 12.5. The van der Waals surface area contributed by atoms with Crippen molar-refractivity contribution >= 4 is 22.7 Å². The second-order valence-corrected chi connectivity index (χ2v) is 4.50. The molecule has 104 valence electrons. The number of rotatable bonds is 3. The van der Waals surface area contributed by atoms with E-state index >= 15 is 0 Å². The van der Waals surface area contributed by atoms with E-state index in [0.717, 1.165) is 10.9 Å². The Balaban J connectivity index is 1.97. The zero-order valence-electron chi connectivity index (χ0n) is 11.3. The fourth-order valence-electron chi connectivity index (χ4n) is 2.16. The van der Waals surface area contributed by atoms with Crippen molar-refractivity contribution in [2.45, 2.75) is 0 Å². The summed E-state index contributed by atoms with van der Waals surface area (Å²) in [4.78, 5) is 30.9. The van der Waals surface area contributed by atoms with Crippen molar-refractivity contribution in [3.8, 4) is 0 Å². The van der Waals surface area contributed by atoms with Crippen molar-refractivity contribution in [3.63, 3.8) is 0 Å². The van der Waals surface area contributed by atoms with Crippen LogP contribution in [0, 0.1) is 0 Å². The zero-order valence-corrected chi connectivity index (χ0v) is 11.3. The molecule has 5 nitrogen and oxygen atoms in total. The quantitative estimate of drug-likeness (QED) is 0.591. The summed E-state index contributed by atoms with van der Waals surface area (Å²) < 4.78 is 4.60. The molecule has 5 heteroatoms. The molecule has 0 amide bonds. The normalized spacial score (nSPS) is 10.5. The molecule has 0 spiro atoms. The zero-order chi connectivity index (χ0) is 14.8. The number of para-hydroxylation sites is 1. The molecule has 0 radical (unpaired) electrons. The second-order valence-electron chi connectivity index (χ2n) is 4.50. The highest BCUT2D eigenvalue weighted by Gasteiger charge is 2.16. The van der Waals surface area contributed by atoms with Crippen molar-refractivity contribution in [2.24, 2.45) is 0 Å². The van der Waals surface area contributed by atoms with Gasteiger partial charge in [-0.1, -0.05) is 18.2 Å². The van der Waals surface area contributed by atoms with E-state index in [0.29, 0.717) is 11.1 Å². The van der Waals surface area contributed by atoms with Crippen LogP contribution in [0.4, 0.5) is 0 Å². The second kappa shape index (κ2) is 5.20. The molecule has 3 rings (SSSR count). The average molecular weight is 280 g/mol.